The maximum atomic E-state index is 14.6. The van der Waals surface area contributed by atoms with E-state index < -0.39 is 33.7 Å². The van der Waals surface area contributed by atoms with Crippen LogP contribution in [0.3, 0.4) is 0 Å². The van der Waals surface area contributed by atoms with Crippen LogP contribution in [0.2, 0.25) is 0 Å². The summed E-state index contributed by atoms with van der Waals surface area (Å²) in [5, 5.41) is 12.7. The molecule has 1 amide bonds. The predicted octanol–water partition coefficient (Wildman–Crippen LogP) is 5.42. The van der Waals surface area contributed by atoms with Crippen LogP contribution in [0.25, 0.3) is 0 Å². The molecule has 12 heteroatoms. The quantitative estimate of drug-likeness (QED) is 0.174. The predicted molar refractivity (Wildman–Crippen MR) is 206 cm³/mol. The highest BCUT2D eigenvalue weighted by Gasteiger charge is 2.46. The number of amides is 1. The minimum absolute atomic E-state index is 0.105. The molecule has 2 aliphatic heterocycles. The Balaban J connectivity index is 1.48. The molecule has 2 N–H and O–H groups in total. The number of aryl methyl sites for hydroxylation is 1. The minimum atomic E-state index is -3.99. The van der Waals surface area contributed by atoms with Gasteiger partial charge in [-0.25, -0.2) is 8.42 Å². The van der Waals surface area contributed by atoms with E-state index in [4.69, 9.17) is 18.9 Å². The highest BCUT2D eigenvalue weighted by Crippen LogP contribution is 2.41. The largest absolute Gasteiger partial charge is 0.490 e. The van der Waals surface area contributed by atoms with Crippen LogP contribution in [0.5, 0.6) is 5.75 Å². The zero-order valence-corrected chi connectivity index (χ0v) is 32.9. The smallest absolute Gasteiger partial charge is 0.243 e. The Morgan fingerprint density at radius 1 is 1.02 bits per heavy atom. The summed E-state index contributed by atoms with van der Waals surface area (Å²) in [6.45, 7) is 11.1. The van der Waals surface area contributed by atoms with Gasteiger partial charge in [-0.15, -0.1) is 0 Å². The number of carbonyl (C=O) groups excluding carboxylic acids is 1. The summed E-state index contributed by atoms with van der Waals surface area (Å²) in [5.41, 5.74) is 4.08. The highest BCUT2D eigenvalue weighted by molar-refractivity contribution is 7.89. The molecule has 0 radical (unpaired) electrons. The average Bonchev–Trinajstić information content (AvgIpc) is 3.13. The van der Waals surface area contributed by atoms with Crippen molar-refractivity contribution >= 4 is 21.6 Å². The van der Waals surface area contributed by atoms with Crippen LogP contribution >= 0.6 is 0 Å². The van der Waals surface area contributed by atoms with Crippen molar-refractivity contribution in [2.75, 3.05) is 58.5 Å². The molecule has 0 bridgehead atoms. The summed E-state index contributed by atoms with van der Waals surface area (Å²) in [6, 6.07) is 20.7. The Labute approximate surface area is 315 Å². The van der Waals surface area contributed by atoms with Gasteiger partial charge in [-0.05, 0) is 74.1 Å². The van der Waals surface area contributed by atoms with Crippen molar-refractivity contribution < 1.29 is 37.3 Å². The summed E-state index contributed by atoms with van der Waals surface area (Å²) in [6.07, 6.45) is 0.426. The van der Waals surface area contributed by atoms with Crippen LogP contribution in [0.4, 0.5) is 5.69 Å². The lowest BCUT2D eigenvalue weighted by molar-refractivity contribution is -0.131. The second-order valence-electron chi connectivity index (χ2n) is 15.0. The number of carbonyl (C=O) groups is 1. The van der Waals surface area contributed by atoms with Crippen LogP contribution in [-0.2, 0) is 42.2 Å². The summed E-state index contributed by atoms with van der Waals surface area (Å²) < 4.78 is 54.1. The molecule has 1 saturated heterocycles. The van der Waals surface area contributed by atoms with Crippen LogP contribution in [0.1, 0.15) is 68.2 Å². The first kappa shape index (κ1) is 40.7. The van der Waals surface area contributed by atoms with E-state index in [0.29, 0.717) is 26.2 Å². The number of ether oxygens (including phenoxy) is 4. The molecule has 3 aromatic carbocycles. The summed E-state index contributed by atoms with van der Waals surface area (Å²) in [4.78, 5) is 15.9. The third-order valence-corrected chi connectivity index (χ3v) is 12.2. The van der Waals surface area contributed by atoms with E-state index in [1.807, 2.05) is 45.0 Å². The maximum absolute atomic E-state index is 14.6. The first-order valence-electron chi connectivity index (χ1n) is 18.6. The lowest BCUT2D eigenvalue weighted by Gasteiger charge is -2.45. The van der Waals surface area contributed by atoms with E-state index in [1.165, 1.54) is 0 Å². The standard InChI is InChI=1S/C41H57N3O8S/c1-29-8-15-35(16-9-29)53(47,48)44-26-39(52-28-32-12-17-38-37(22-32)43(19-21-51-38)18-7-20-49-5)36(33-13-10-31(11-14-33)27-50-6)23-34(44)24-41(3,4)40(46)42-25-30(2)45/h8-17,22,30,34,36,39,45H,7,18-21,23-28H2,1-6H3,(H,42,46)/t30?,34-,36+,39-/m0/s1. The van der Waals surface area contributed by atoms with Crippen molar-refractivity contribution in [3.05, 3.63) is 89.0 Å². The molecule has 2 heterocycles. The van der Waals surface area contributed by atoms with E-state index >= 15 is 0 Å². The zero-order valence-electron chi connectivity index (χ0n) is 32.0. The number of anilines is 1. The number of fused-ring (bicyclic) bond motifs is 1. The second kappa shape index (κ2) is 18.2. The monoisotopic (exact) mass is 751 g/mol. The Kier molecular flexibility index (Phi) is 14.0. The van der Waals surface area contributed by atoms with Gasteiger partial charge in [0, 0.05) is 57.8 Å². The molecule has 5 rings (SSSR count). The van der Waals surface area contributed by atoms with Gasteiger partial charge in [-0.2, -0.15) is 4.31 Å². The number of hydrogen-bond acceptors (Lipinski definition) is 9. The van der Waals surface area contributed by atoms with E-state index in [-0.39, 0.29) is 42.8 Å². The fraction of sp³-hybridized carbons (Fsp3) is 0.537. The van der Waals surface area contributed by atoms with E-state index in [1.54, 1.807) is 49.7 Å². The molecule has 1 unspecified atom stereocenters. The van der Waals surface area contributed by atoms with Gasteiger partial charge in [0.25, 0.3) is 0 Å². The molecule has 0 saturated carbocycles. The van der Waals surface area contributed by atoms with E-state index in [2.05, 4.69) is 28.4 Å². The normalized spacial score (nSPS) is 20.1. The fourth-order valence-electron chi connectivity index (χ4n) is 7.29. The number of rotatable bonds is 17. The lowest BCUT2D eigenvalue weighted by atomic mass is 9.77. The number of piperidine rings is 1. The number of nitrogens with one attached hydrogen (secondary N) is 1. The third kappa shape index (κ3) is 10.4. The Morgan fingerprint density at radius 2 is 1.74 bits per heavy atom. The topological polar surface area (TPSA) is 127 Å². The van der Waals surface area contributed by atoms with Gasteiger partial charge in [0.2, 0.25) is 15.9 Å². The molecule has 0 aliphatic carbocycles. The molecule has 2 aliphatic rings. The zero-order chi connectivity index (χ0) is 38.2. The second-order valence-corrected chi connectivity index (χ2v) is 16.9. The van der Waals surface area contributed by atoms with Gasteiger partial charge < -0.3 is 34.3 Å². The molecule has 11 nitrogen and oxygen atoms in total. The lowest BCUT2D eigenvalue weighted by Crippen LogP contribution is -2.54. The van der Waals surface area contributed by atoms with Crippen molar-refractivity contribution in [3.8, 4) is 5.75 Å². The Bertz CT molecular complexity index is 1750. The van der Waals surface area contributed by atoms with Gasteiger partial charge in [-0.3, -0.25) is 4.79 Å². The molecule has 0 aromatic heterocycles. The van der Waals surface area contributed by atoms with Gasteiger partial charge >= 0.3 is 0 Å². The fourth-order valence-corrected chi connectivity index (χ4v) is 8.94. The van der Waals surface area contributed by atoms with Crippen molar-refractivity contribution in [1.29, 1.82) is 0 Å². The number of aliphatic hydroxyl groups excluding tert-OH is 1. The molecular weight excluding hydrogens is 695 g/mol. The molecular formula is C41H57N3O8S. The van der Waals surface area contributed by atoms with Crippen LogP contribution < -0.4 is 15.0 Å². The number of hydrogen-bond donors (Lipinski definition) is 2. The average molecular weight is 752 g/mol. The summed E-state index contributed by atoms with van der Waals surface area (Å²) in [7, 11) is -0.612. The van der Waals surface area contributed by atoms with Crippen LogP contribution in [-0.4, -0.2) is 95.6 Å². The number of benzene rings is 3. The molecule has 53 heavy (non-hydrogen) atoms. The van der Waals surface area contributed by atoms with Crippen molar-refractivity contribution in [2.45, 2.75) is 89.2 Å². The first-order chi connectivity index (χ1) is 25.3. The summed E-state index contributed by atoms with van der Waals surface area (Å²) in [5.74, 6) is 0.434. The van der Waals surface area contributed by atoms with Gasteiger partial charge in [0.05, 0.1) is 42.5 Å². The molecule has 1 fully saturated rings. The Morgan fingerprint density at radius 3 is 2.42 bits per heavy atom. The highest BCUT2D eigenvalue weighted by atomic mass is 32.2. The van der Waals surface area contributed by atoms with E-state index in [0.717, 1.165) is 53.2 Å². The van der Waals surface area contributed by atoms with Gasteiger partial charge in [-0.1, -0.05) is 61.9 Å². The van der Waals surface area contributed by atoms with Crippen molar-refractivity contribution in [3.63, 3.8) is 0 Å². The van der Waals surface area contributed by atoms with Crippen LogP contribution in [0.15, 0.2) is 71.6 Å². The van der Waals surface area contributed by atoms with Crippen LogP contribution in [0, 0.1) is 12.3 Å². The Hall–Kier alpha value is -3.52. The number of methoxy groups -OCH3 is 2. The van der Waals surface area contributed by atoms with Gasteiger partial charge in [0.1, 0.15) is 12.4 Å². The number of sulfonamides is 1. The first-order valence-corrected chi connectivity index (χ1v) is 20.0. The molecule has 290 valence electrons. The number of aliphatic hydroxyl groups is 1. The maximum Gasteiger partial charge on any atom is 0.243 e. The molecule has 4 atom stereocenters. The van der Waals surface area contributed by atoms with Gasteiger partial charge in [0.15, 0.2) is 0 Å². The van der Waals surface area contributed by atoms with E-state index in [9.17, 15) is 18.3 Å². The summed E-state index contributed by atoms with van der Waals surface area (Å²) >= 11 is 0. The number of nitrogens with zero attached hydrogens (tertiary/aromatic N) is 2. The third-order valence-electron chi connectivity index (χ3n) is 10.2. The molecule has 0 spiro atoms. The minimum Gasteiger partial charge on any atom is -0.490 e. The SMILES string of the molecule is COCCCN1CCOc2ccc(CO[C@H]3CN(S(=O)(=O)c4ccc(C)cc4)[C@H](CC(C)(C)C(=O)NCC(C)O)C[C@@H]3c3ccc(COC)cc3)cc21. The molecule has 3 aromatic rings. The van der Waals surface area contributed by atoms with Crippen molar-refractivity contribution in [2.24, 2.45) is 5.41 Å². The van der Waals surface area contributed by atoms with Crippen molar-refractivity contribution in [1.82, 2.24) is 9.62 Å².